The van der Waals surface area contributed by atoms with Crippen LogP contribution in [0.1, 0.15) is 27.0 Å². The summed E-state index contributed by atoms with van der Waals surface area (Å²) in [7, 11) is -3.74. The highest BCUT2D eigenvalue weighted by Gasteiger charge is 2.21. The Morgan fingerprint density at radius 3 is 2.40 bits per heavy atom. The fourth-order valence-electron chi connectivity index (χ4n) is 4.74. The molecule has 212 valence electrons. The van der Waals surface area contributed by atoms with Crippen LogP contribution >= 0.6 is 23.7 Å². The molecule has 0 radical (unpaired) electrons. The first-order chi connectivity index (χ1) is 18.7. The largest absolute Gasteiger partial charge is 0.351 e. The van der Waals surface area contributed by atoms with E-state index in [1.807, 2.05) is 6.92 Å². The number of hydrogen-bond donors (Lipinski definition) is 2. The summed E-state index contributed by atoms with van der Waals surface area (Å²) in [6.07, 6.45) is 0. The van der Waals surface area contributed by atoms with Crippen molar-refractivity contribution in [3.05, 3.63) is 82.9 Å². The molecule has 1 amide bonds. The standard InChI is InChI=1S/C29H33N5O3S2.ClH/c1-20-7-9-25(10-8-20)39(36,37)32-24-6-4-5-23(19-24)28(35)30-11-12-33-13-15-34(16-14-33)29-31-27-22(3)17-21(2)18-26(27)38-29;/h4-10,17-19,32H,11-16H2,1-3H3,(H,30,35);1H. The van der Waals surface area contributed by atoms with Crippen LogP contribution in [0, 0.1) is 20.8 Å². The van der Waals surface area contributed by atoms with Crippen LogP contribution in [0.2, 0.25) is 0 Å². The van der Waals surface area contributed by atoms with Crippen molar-refractivity contribution in [2.75, 3.05) is 48.9 Å². The molecule has 0 unspecified atom stereocenters. The topological polar surface area (TPSA) is 94.6 Å². The van der Waals surface area contributed by atoms with Crippen LogP contribution in [0.25, 0.3) is 10.2 Å². The molecule has 0 aliphatic carbocycles. The normalized spacial score (nSPS) is 14.1. The lowest BCUT2D eigenvalue weighted by Crippen LogP contribution is -2.48. The molecule has 1 aliphatic rings. The second-order valence-electron chi connectivity index (χ2n) is 10.0. The molecule has 8 nitrogen and oxygen atoms in total. The highest BCUT2D eigenvalue weighted by molar-refractivity contribution is 7.92. The van der Waals surface area contributed by atoms with Gasteiger partial charge >= 0.3 is 0 Å². The molecule has 0 spiro atoms. The van der Waals surface area contributed by atoms with Crippen molar-refractivity contribution >= 4 is 60.7 Å². The van der Waals surface area contributed by atoms with E-state index >= 15 is 0 Å². The van der Waals surface area contributed by atoms with E-state index in [4.69, 9.17) is 4.98 Å². The van der Waals surface area contributed by atoms with Gasteiger partial charge in [0.2, 0.25) is 0 Å². The first kappa shape index (κ1) is 29.8. The average Bonchev–Trinajstić information content (AvgIpc) is 3.34. The van der Waals surface area contributed by atoms with Crippen molar-refractivity contribution in [1.29, 1.82) is 0 Å². The Morgan fingerprint density at radius 2 is 1.68 bits per heavy atom. The number of piperazine rings is 1. The van der Waals surface area contributed by atoms with Crippen LogP contribution in [0.4, 0.5) is 10.8 Å². The number of aromatic nitrogens is 1. The third kappa shape index (κ3) is 6.93. The molecule has 1 aromatic heterocycles. The maximum atomic E-state index is 12.8. The van der Waals surface area contributed by atoms with Gasteiger partial charge in [0.15, 0.2) is 5.13 Å². The Morgan fingerprint density at radius 1 is 0.950 bits per heavy atom. The number of anilines is 2. The Balaban J connectivity index is 0.00000370. The zero-order chi connectivity index (χ0) is 27.6. The maximum Gasteiger partial charge on any atom is 0.261 e. The van der Waals surface area contributed by atoms with Crippen LogP contribution in [0.5, 0.6) is 0 Å². The number of hydrogen-bond acceptors (Lipinski definition) is 7. The highest BCUT2D eigenvalue weighted by atomic mass is 35.5. The summed E-state index contributed by atoms with van der Waals surface area (Å²) in [5.74, 6) is -0.231. The minimum absolute atomic E-state index is 0. The van der Waals surface area contributed by atoms with E-state index in [2.05, 4.69) is 45.8 Å². The minimum atomic E-state index is -3.74. The smallest absolute Gasteiger partial charge is 0.261 e. The van der Waals surface area contributed by atoms with Gasteiger partial charge in [-0.2, -0.15) is 0 Å². The number of halogens is 1. The van der Waals surface area contributed by atoms with Crippen molar-refractivity contribution in [3.63, 3.8) is 0 Å². The monoisotopic (exact) mass is 599 g/mol. The molecule has 2 heterocycles. The van der Waals surface area contributed by atoms with E-state index in [0.717, 1.165) is 48.9 Å². The molecule has 0 saturated carbocycles. The van der Waals surface area contributed by atoms with Gasteiger partial charge in [-0.15, -0.1) is 12.4 Å². The van der Waals surface area contributed by atoms with Gasteiger partial charge in [0.25, 0.3) is 15.9 Å². The highest BCUT2D eigenvalue weighted by Crippen LogP contribution is 2.32. The SMILES string of the molecule is Cc1ccc(S(=O)(=O)Nc2cccc(C(=O)NCCN3CCN(c4nc5c(C)cc(C)cc5s4)CC3)c2)cc1.Cl. The number of amides is 1. The molecule has 4 aromatic rings. The molecule has 0 atom stereocenters. The average molecular weight is 600 g/mol. The number of nitrogens with one attached hydrogen (secondary N) is 2. The molecule has 0 bridgehead atoms. The van der Waals surface area contributed by atoms with Crippen LogP contribution in [-0.4, -0.2) is 63.5 Å². The van der Waals surface area contributed by atoms with Gasteiger partial charge in [0.05, 0.1) is 15.1 Å². The zero-order valence-corrected chi connectivity index (χ0v) is 25.3. The zero-order valence-electron chi connectivity index (χ0n) is 22.8. The van der Waals surface area contributed by atoms with Gasteiger partial charge < -0.3 is 10.2 Å². The number of aryl methyl sites for hydroxylation is 3. The molecule has 40 heavy (non-hydrogen) atoms. The van der Waals surface area contributed by atoms with Crippen molar-refractivity contribution < 1.29 is 13.2 Å². The maximum absolute atomic E-state index is 12.8. The van der Waals surface area contributed by atoms with Gasteiger partial charge in [-0.3, -0.25) is 14.4 Å². The summed E-state index contributed by atoms with van der Waals surface area (Å²) in [6, 6.07) is 17.6. The molecule has 5 rings (SSSR count). The van der Waals surface area contributed by atoms with Gasteiger partial charge in [-0.25, -0.2) is 13.4 Å². The molecule has 1 fully saturated rings. The number of nitrogens with zero attached hydrogens (tertiary/aromatic N) is 3. The number of carbonyl (C=O) groups excluding carboxylic acids is 1. The van der Waals surface area contributed by atoms with Crippen LogP contribution in [-0.2, 0) is 10.0 Å². The van der Waals surface area contributed by atoms with E-state index in [9.17, 15) is 13.2 Å². The fraction of sp³-hybridized carbons (Fsp3) is 0.310. The predicted molar refractivity (Wildman–Crippen MR) is 166 cm³/mol. The Kier molecular flexibility index (Phi) is 9.35. The van der Waals surface area contributed by atoms with Crippen molar-refractivity contribution in [2.24, 2.45) is 0 Å². The predicted octanol–water partition coefficient (Wildman–Crippen LogP) is 5.00. The van der Waals surface area contributed by atoms with Crippen LogP contribution in [0.3, 0.4) is 0 Å². The van der Waals surface area contributed by atoms with Gasteiger partial charge in [0, 0.05) is 50.5 Å². The lowest BCUT2D eigenvalue weighted by molar-refractivity contribution is 0.0948. The van der Waals surface area contributed by atoms with Gasteiger partial charge in [0.1, 0.15) is 0 Å². The summed E-state index contributed by atoms with van der Waals surface area (Å²) >= 11 is 1.75. The van der Waals surface area contributed by atoms with Crippen molar-refractivity contribution in [3.8, 4) is 0 Å². The summed E-state index contributed by atoms with van der Waals surface area (Å²) in [4.78, 5) is 22.5. The Labute approximate surface area is 245 Å². The Bertz CT molecular complexity index is 1600. The first-order valence-corrected chi connectivity index (χ1v) is 15.3. The van der Waals surface area contributed by atoms with Crippen LogP contribution < -0.4 is 14.9 Å². The third-order valence-corrected chi connectivity index (χ3v) is 9.34. The molecule has 1 saturated heterocycles. The Hall–Kier alpha value is -3.18. The van der Waals surface area contributed by atoms with Crippen molar-refractivity contribution in [1.82, 2.24) is 15.2 Å². The van der Waals surface area contributed by atoms with E-state index in [1.54, 1.807) is 59.9 Å². The molecule has 1 aliphatic heterocycles. The minimum Gasteiger partial charge on any atom is -0.351 e. The lowest BCUT2D eigenvalue weighted by Gasteiger charge is -2.34. The molecule has 2 N–H and O–H groups in total. The fourth-order valence-corrected chi connectivity index (χ4v) is 6.98. The number of benzene rings is 3. The molecule has 3 aromatic carbocycles. The van der Waals surface area contributed by atoms with Crippen molar-refractivity contribution in [2.45, 2.75) is 25.7 Å². The van der Waals surface area contributed by atoms with Crippen LogP contribution in [0.15, 0.2) is 65.6 Å². The number of thiazole rings is 1. The molecule has 11 heteroatoms. The van der Waals surface area contributed by atoms with E-state index in [-0.39, 0.29) is 23.2 Å². The number of carbonyl (C=O) groups is 1. The third-order valence-electron chi connectivity index (χ3n) is 6.88. The second-order valence-corrected chi connectivity index (χ2v) is 12.7. The second kappa shape index (κ2) is 12.6. The molecular formula is C29H34ClN5O3S2. The van der Waals surface area contributed by atoms with E-state index < -0.39 is 10.0 Å². The van der Waals surface area contributed by atoms with Gasteiger partial charge in [-0.05, 0) is 68.3 Å². The number of fused-ring (bicyclic) bond motifs is 1. The lowest BCUT2D eigenvalue weighted by atomic mass is 10.1. The number of sulfonamides is 1. The summed E-state index contributed by atoms with van der Waals surface area (Å²) in [5, 5.41) is 4.04. The quantitative estimate of drug-likeness (QED) is 0.296. The van der Waals surface area contributed by atoms with E-state index in [1.165, 1.54) is 15.8 Å². The van der Waals surface area contributed by atoms with Gasteiger partial charge in [-0.1, -0.05) is 41.2 Å². The number of rotatable bonds is 8. The van der Waals surface area contributed by atoms with E-state index in [0.29, 0.717) is 17.8 Å². The molecular weight excluding hydrogens is 566 g/mol. The summed E-state index contributed by atoms with van der Waals surface area (Å²) in [5.41, 5.74) is 5.31. The first-order valence-electron chi connectivity index (χ1n) is 13.0. The summed E-state index contributed by atoms with van der Waals surface area (Å²) < 4.78 is 29.2. The summed E-state index contributed by atoms with van der Waals surface area (Å²) in [6.45, 7) is 11.0.